The van der Waals surface area contributed by atoms with E-state index in [4.69, 9.17) is 11.5 Å². The highest BCUT2D eigenvalue weighted by Crippen LogP contribution is 2.14. The highest BCUT2D eigenvalue weighted by Gasteiger charge is 2.27. The van der Waals surface area contributed by atoms with Crippen LogP contribution in [-0.2, 0) is 14.4 Å². The van der Waals surface area contributed by atoms with Crippen LogP contribution in [0.25, 0.3) is 0 Å². The van der Waals surface area contributed by atoms with Crippen molar-refractivity contribution >= 4 is 17.7 Å². The van der Waals surface area contributed by atoms with Crippen molar-refractivity contribution < 1.29 is 19.5 Å². The van der Waals surface area contributed by atoms with Crippen molar-refractivity contribution in [2.75, 3.05) is 6.54 Å². The van der Waals surface area contributed by atoms with Crippen LogP contribution in [0.4, 0.5) is 0 Å². The molecule has 0 aliphatic rings. The van der Waals surface area contributed by atoms with E-state index in [2.05, 4.69) is 17.2 Å². The fourth-order valence-corrected chi connectivity index (χ4v) is 2.96. The molecule has 0 aliphatic heterocycles. The van der Waals surface area contributed by atoms with E-state index < -0.39 is 29.8 Å². The number of nitrogens with one attached hydrogen (secondary N) is 2. The summed E-state index contributed by atoms with van der Waals surface area (Å²) in [7, 11) is 0. The topological polar surface area (TPSA) is 148 Å². The number of aliphatic hydroxyl groups excluding tert-OH is 1. The van der Waals surface area contributed by atoms with Gasteiger partial charge in [0.2, 0.25) is 17.7 Å². The molecule has 0 aromatic rings. The van der Waals surface area contributed by atoms with Crippen molar-refractivity contribution in [3.63, 3.8) is 0 Å². The van der Waals surface area contributed by atoms with Crippen LogP contribution < -0.4 is 22.1 Å². The zero-order valence-electron chi connectivity index (χ0n) is 19.3. The van der Waals surface area contributed by atoms with Gasteiger partial charge in [0.05, 0.1) is 5.76 Å². The molecule has 0 rings (SSSR count). The Hall–Kier alpha value is -2.61. The van der Waals surface area contributed by atoms with Crippen LogP contribution in [0.1, 0.15) is 59.8 Å². The number of aliphatic hydroxyl groups is 1. The Morgan fingerprint density at radius 3 is 2.13 bits per heavy atom. The van der Waals surface area contributed by atoms with Gasteiger partial charge in [-0.2, -0.15) is 0 Å². The van der Waals surface area contributed by atoms with Crippen LogP contribution in [0.15, 0.2) is 36.1 Å². The van der Waals surface area contributed by atoms with Gasteiger partial charge in [0, 0.05) is 5.92 Å². The van der Waals surface area contributed by atoms with E-state index in [9.17, 15) is 19.5 Å². The van der Waals surface area contributed by atoms with Crippen LogP contribution in [-0.4, -0.2) is 41.5 Å². The number of hydrogen-bond donors (Lipinski definition) is 5. The van der Waals surface area contributed by atoms with Crippen LogP contribution in [0, 0.1) is 11.8 Å². The largest absolute Gasteiger partial charge is 0.513 e. The van der Waals surface area contributed by atoms with Gasteiger partial charge in [-0.05, 0) is 63.1 Å². The van der Waals surface area contributed by atoms with Crippen molar-refractivity contribution in [1.29, 1.82) is 0 Å². The van der Waals surface area contributed by atoms with Crippen molar-refractivity contribution in [1.82, 2.24) is 10.6 Å². The molecule has 3 atom stereocenters. The van der Waals surface area contributed by atoms with Gasteiger partial charge in [0.25, 0.3) is 0 Å². The summed E-state index contributed by atoms with van der Waals surface area (Å²) in [6.45, 7) is 11.4. The summed E-state index contributed by atoms with van der Waals surface area (Å²) < 4.78 is 0. The summed E-state index contributed by atoms with van der Waals surface area (Å²) >= 11 is 0. The van der Waals surface area contributed by atoms with E-state index >= 15 is 0 Å². The Balaban J connectivity index is 5.26. The fraction of sp³-hybridized carbons (Fsp3) is 0.609. The number of primary amides is 1. The van der Waals surface area contributed by atoms with Gasteiger partial charge < -0.3 is 27.2 Å². The Morgan fingerprint density at radius 2 is 1.65 bits per heavy atom. The minimum absolute atomic E-state index is 0.151. The molecule has 0 saturated carbocycles. The lowest BCUT2D eigenvalue weighted by molar-refractivity contribution is -0.132. The molecule has 0 aromatic heterocycles. The molecule has 8 heteroatoms. The van der Waals surface area contributed by atoms with E-state index in [1.807, 2.05) is 13.8 Å². The molecule has 0 saturated heterocycles. The lowest BCUT2D eigenvalue weighted by Crippen LogP contribution is -2.53. The van der Waals surface area contributed by atoms with Gasteiger partial charge in [0.15, 0.2) is 0 Å². The number of unbranched alkanes of at least 4 members (excludes halogenated alkanes) is 1. The highest BCUT2D eigenvalue weighted by atomic mass is 16.3. The monoisotopic (exact) mass is 436 g/mol. The smallest absolute Gasteiger partial charge is 0.243 e. The van der Waals surface area contributed by atoms with E-state index in [1.54, 1.807) is 26.0 Å². The number of amides is 3. The van der Waals surface area contributed by atoms with E-state index in [0.29, 0.717) is 32.2 Å². The maximum atomic E-state index is 12.8. The fourth-order valence-electron chi connectivity index (χ4n) is 2.96. The van der Waals surface area contributed by atoms with Gasteiger partial charge >= 0.3 is 0 Å². The lowest BCUT2D eigenvalue weighted by atomic mass is 9.98. The molecule has 7 N–H and O–H groups in total. The summed E-state index contributed by atoms with van der Waals surface area (Å²) in [6, 6.07) is -1.58. The zero-order chi connectivity index (χ0) is 24.0. The maximum absolute atomic E-state index is 12.8. The molecule has 3 unspecified atom stereocenters. The molecule has 3 amide bonds. The lowest BCUT2D eigenvalue weighted by Gasteiger charge is -2.24. The first kappa shape index (κ1) is 28.4. The Bertz CT molecular complexity index is 666. The van der Waals surface area contributed by atoms with Gasteiger partial charge in [-0.1, -0.05) is 39.5 Å². The average Bonchev–Trinajstić information content (AvgIpc) is 2.68. The molecule has 0 bridgehead atoms. The minimum atomic E-state index is -0.789. The van der Waals surface area contributed by atoms with Crippen molar-refractivity contribution in [3.8, 4) is 0 Å². The first-order valence-corrected chi connectivity index (χ1v) is 10.8. The first-order valence-electron chi connectivity index (χ1n) is 10.8. The van der Waals surface area contributed by atoms with Crippen molar-refractivity contribution in [2.24, 2.45) is 23.3 Å². The summed E-state index contributed by atoms with van der Waals surface area (Å²) in [5.74, 6) is -1.42. The molecule has 0 fully saturated rings. The average molecular weight is 437 g/mol. The highest BCUT2D eigenvalue weighted by molar-refractivity contribution is 5.92. The second kappa shape index (κ2) is 15.2. The van der Waals surface area contributed by atoms with Crippen molar-refractivity contribution in [2.45, 2.75) is 71.9 Å². The third-order valence-electron chi connectivity index (χ3n) is 4.74. The molecular weight excluding hydrogens is 396 g/mol. The number of carbonyl (C=O) groups excluding carboxylic acids is 3. The molecule has 31 heavy (non-hydrogen) atoms. The standard InChI is InChI=1S/C23H40N4O4/c1-6-18(11-10-17(5)28)14-16(4)22(30)26-19(9-7-8-12-24)23(31)27-20(21(25)29)13-15(2)3/h6,10-11,15-16,19-20,28H,1,7-9,12-14,24H2,2-5H3,(H2,25,29)(H,26,30)(H,27,31)/b17-10+,18-11+. The summed E-state index contributed by atoms with van der Waals surface area (Å²) in [5, 5.41) is 14.8. The Kier molecular flexibility index (Phi) is 13.9. The quantitative estimate of drug-likeness (QED) is 0.152. The van der Waals surface area contributed by atoms with Gasteiger partial charge in [-0.15, -0.1) is 0 Å². The van der Waals surface area contributed by atoms with Crippen LogP contribution >= 0.6 is 0 Å². The third-order valence-corrected chi connectivity index (χ3v) is 4.74. The molecule has 0 radical (unpaired) electrons. The SMILES string of the molecule is C=C/C(=C\C=C(/C)O)CC(C)C(=O)NC(CCCCN)C(=O)NC(CC(C)C)C(N)=O. The molecule has 0 spiro atoms. The molecule has 0 aliphatic carbocycles. The molecular formula is C23H40N4O4. The molecule has 0 aromatic carbocycles. The Morgan fingerprint density at radius 1 is 1.03 bits per heavy atom. The Labute approximate surface area is 186 Å². The first-order chi connectivity index (χ1) is 14.5. The minimum Gasteiger partial charge on any atom is -0.513 e. The van der Waals surface area contributed by atoms with Crippen LogP contribution in [0.2, 0.25) is 0 Å². The van der Waals surface area contributed by atoms with Gasteiger partial charge in [0.1, 0.15) is 12.1 Å². The maximum Gasteiger partial charge on any atom is 0.243 e. The van der Waals surface area contributed by atoms with Crippen LogP contribution in [0.3, 0.4) is 0 Å². The summed E-state index contributed by atoms with van der Waals surface area (Å²) in [6.07, 6.45) is 7.46. The predicted molar refractivity (Wildman–Crippen MR) is 124 cm³/mol. The van der Waals surface area contributed by atoms with Gasteiger partial charge in [-0.25, -0.2) is 0 Å². The zero-order valence-corrected chi connectivity index (χ0v) is 19.3. The number of rotatable bonds is 15. The third kappa shape index (κ3) is 12.6. The predicted octanol–water partition coefficient (Wildman–Crippen LogP) is 2.22. The van der Waals surface area contributed by atoms with Gasteiger partial charge in [-0.3, -0.25) is 14.4 Å². The molecule has 0 heterocycles. The summed E-state index contributed by atoms with van der Waals surface area (Å²) in [5.41, 5.74) is 11.8. The molecule has 176 valence electrons. The van der Waals surface area contributed by atoms with E-state index in [1.165, 1.54) is 6.08 Å². The summed E-state index contributed by atoms with van der Waals surface area (Å²) in [4.78, 5) is 37.3. The number of nitrogens with two attached hydrogens (primary N) is 2. The van der Waals surface area contributed by atoms with Crippen LogP contribution in [0.5, 0.6) is 0 Å². The second-order valence-corrected chi connectivity index (χ2v) is 8.30. The molecule has 8 nitrogen and oxygen atoms in total. The normalized spacial score (nSPS) is 15.2. The number of carbonyl (C=O) groups is 3. The number of hydrogen-bond acceptors (Lipinski definition) is 5. The number of allylic oxidation sites excluding steroid dienone is 5. The van der Waals surface area contributed by atoms with E-state index in [0.717, 1.165) is 12.0 Å². The second-order valence-electron chi connectivity index (χ2n) is 8.30. The van der Waals surface area contributed by atoms with E-state index in [-0.39, 0.29) is 17.6 Å². The van der Waals surface area contributed by atoms with Crippen molar-refractivity contribution in [3.05, 3.63) is 36.1 Å².